The Balaban J connectivity index is 2.24. The summed E-state index contributed by atoms with van der Waals surface area (Å²) in [5.74, 6) is 0.712. The van der Waals surface area contributed by atoms with E-state index in [4.69, 9.17) is 4.74 Å². The van der Waals surface area contributed by atoms with Crippen LogP contribution in [0.25, 0.3) is 0 Å². The Morgan fingerprint density at radius 2 is 1.73 bits per heavy atom. The molecule has 0 aliphatic rings. The van der Waals surface area contributed by atoms with Gasteiger partial charge in [-0.05, 0) is 43.7 Å². The molecule has 1 N–H and O–H groups in total. The second-order valence-corrected chi connectivity index (χ2v) is 6.36. The Labute approximate surface area is 133 Å². The zero-order chi connectivity index (χ0) is 16.2. The topological polar surface area (TPSA) is 62.1 Å². The van der Waals surface area contributed by atoms with Crippen molar-refractivity contribution in [2.75, 3.05) is 7.11 Å². The molecule has 0 unspecified atom stereocenters. The van der Waals surface area contributed by atoms with E-state index in [9.17, 15) is 9.47 Å². The summed E-state index contributed by atoms with van der Waals surface area (Å²) in [4.78, 5) is 0.639. The van der Waals surface area contributed by atoms with Crippen LogP contribution in [0.3, 0.4) is 0 Å². The van der Waals surface area contributed by atoms with Gasteiger partial charge in [0.2, 0.25) is 0 Å². The summed E-state index contributed by atoms with van der Waals surface area (Å²) < 4.78 is 20.5. The number of ether oxygens (including phenoxy) is 1. The Kier molecular flexibility index (Phi) is 4.96. The van der Waals surface area contributed by atoms with E-state index < -0.39 is 16.5 Å². The Morgan fingerprint density at radius 3 is 2.23 bits per heavy atom. The van der Waals surface area contributed by atoms with Crippen LogP contribution >= 0.6 is 0 Å². The minimum absolute atomic E-state index is 0.639. The van der Waals surface area contributed by atoms with Gasteiger partial charge in [0.1, 0.15) is 22.3 Å². The van der Waals surface area contributed by atoms with Crippen LogP contribution in [0.2, 0.25) is 0 Å². The van der Waals surface area contributed by atoms with E-state index in [2.05, 4.69) is 10.8 Å². The monoisotopic (exact) mass is 314 g/mol. The predicted molar refractivity (Wildman–Crippen MR) is 86.7 cm³/mol. The summed E-state index contributed by atoms with van der Waals surface area (Å²) in [6.07, 6.45) is 0. The van der Waals surface area contributed by atoms with Crippen LogP contribution in [0.5, 0.6) is 5.75 Å². The van der Waals surface area contributed by atoms with Gasteiger partial charge < -0.3 is 4.74 Å². The number of benzene rings is 2. The summed E-state index contributed by atoms with van der Waals surface area (Å²) >= 11 is 0. The van der Waals surface area contributed by atoms with E-state index in [0.717, 1.165) is 11.1 Å². The van der Waals surface area contributed by atoms with Gasteiger partial charge in [-0.15, -0.1) is 0 Å². The molecule has 0 aromatic heterocycles. The second-order valence-electron chi connectivity index (χ2n) is 5.15. The minimum Gasteiger partial charge on any atom is -0.497 e. The van der Waals surface area contributed by atoms with Crippen molar-refractivity contribution in [1.82, 2.24) is 4.72 Å². The SMILES string of the molecule is COc1ccc([C@@](C)(C#N)N[S@@](=O)c2ccc(C)cc2)cc1. The van der Waals surface area contributed by atoms with Crippen molar-refractivity contribution >= 4 is 11.0 Å². The molecule has 2 aromatic rings. The third kappa shape index (κ3) is 3.53. The number of nitrogens with one attached hydrogen (secondary N) is 1. The quantitative estimate of drug-likeness (QED) is 0.922. The summed E-state index contributed by atoms with van der Waals surface area (Å²) in [5, 5.41) is 9.53. The molecule has 0 radical (unpaired) electrons. The molecular weight excluding hydrogens is 296 g/mol. The highest BCUT2D eigenvalue weighted by atomic mass is 32.2. The fourth-order valence-electron chi connectivity index (χ4n) is 1.98. The highest BCUT2D eigenvalue weighted by Gasteiger charge is 2.28. The molecule has 22 heavy (non-hydrogen) atoms. The first-order chi connectivity index (χ1) is 10.5. The van der Waals surface area contributed by atoms with Crippen molar-refractivity contribution in [2.45, 2.75) is 24.3 Å². The summed E-state index contributed by atoms with van der Waals surface area (Å²) in [5.41, 5.74) is 0.775. The molecule has 4 nitrogen and oxygen atoms in total. The van der Waals surface area contributed by atoms with Crippen molar-refractivity contribution in [1.29, 1.82) is 5.26 Å². The number of methoxy groups -OCH3 is 1. The molecule has 0 amide bonds. The fourth-order valence-corrected chi connectivity index (χ4v) is 3.01. The lowest BCUT2D eigenvalue weighted by molar-refractivity contribution is 0.414. The lowest BCUT2D eigenvalue weighted by atomic mass is 9.95. The van der Waals surface area contributed by atoms with Crippen molar-refractivity contribution in [3.63, 3.8) is 0 Å². The maximum atomic E-state index is 12.5. The lowest BCUT2D eigenvalue weighted by Gasteiger charge is -2.23. The van der Waals surface area contributed by atoms with Crippen LogP contribution in [-0.2, 0) is 16.5 Å². The molecule has 0 aliphatic heterocycles. The van der Waals surface area contributed by atoms with Crippen LogP contribution in [0.1, 0.15) is 18.1 Å². The van der Waals surface area contributed by atoms with Gasteiger partial charge in [-0.3, -0.25) is 0 Å². The number of hydrogen-bond acceptors (Lipinski definition) is 3. The molecule has 0 saturated carbocycles. The molecule has 2 rings (SSSR count). The first kappa shape index (κ1) is 16.2. The molecule has 5 heteroatoms. The van der Waals surface area contributed by atoms with Crippen molar-refractivity contribution in [3.8, 4) is 11.8 Å². The van der Waals surface area contributed by atoms with Crippen LogP contribution in [0.15, 0.2) is 53.4 Å². The van der Waals surface area contributed by atoms with Crippen LogP contribution in [0, 0.1) is 18.3 Å². The number of hydrogen-bond donors (Lipinski definition) is 1. The van der Waals surface area contributed by atoms with Crippen LogP contribution in [-0.4, -0.2) is 11.3 Å². The van der Waals surface area contributed by atoms with E-state index in [1.165, 1.54) is 0 Å². The van der Waals surface area contributed by atoms with Gasteiger partial charge in [-0.2, -0.15) is 5.26 Å². The minimum atomic E-state index is -1.47. The zero-order valence-corrected chi connectivity index (χ0v) is 13.6. The van der Waals surface area contributed by atoms with Gasteiger partial charge in [-0.25, -0.2) is 8.93 Å². The lowest BCUT2D eigenvalue weighted by Crippen LogP contribution is -2.39. The molecule has 0 heterocycles. The van der Waals surface area contributed by atoms with Crippen LogP contribution < -0.4 is 9.46 Å². The third-order valence-electron chi connectivity index (χ3n) is 3.42. The molecule has 0 aliphatic carbocycles. The van der Waals surface area contributed by atoms with Crippen molar-refractivity contribution in [3.05, 3.63) is 59.7 Å². The molecule has 2 atom stereocenters. The average molecular weight is 314 g/mol. The standard InChI is InChI=1S/C17H18N2O2S/c1-13-4-10-16(11-5-13)22(20)19-17(2,12-18)14-6-8-15(21-3)9-7-14/h4-11,19H,1-3H3/t17-,22+/m1/s1. The average Bonchev–Trinajstić information content (AvgIpc) is 2.55. The highest BCUT2D eigenvalue weighted by molar-refractivity contribution is 7.83. The molecule has 0 spiro atoms. The fraction of sp³-hybridized carbons (Fsp3) is 0.235. The van der Waals surface area contributed by atoms with Crippen LogP contribution in [0.4, 0.5) is 0 Å². The van der Waals surface area contributed by atoms with Gasteiger partial charge in [0.25, 0.3) is 0 Å². The maximum absolute atomic E-state index is 12.5. The van der Waals surface area contributed by atoms with E-state index >= 15 is 0 Å². The van der Waals surface area contributed by atoms with Gasteiger partial charge >= 0.3 is 0 Å². The van der Waals surface area contributed by atoms with E-state index in [1.807, 2.05) is 19.1 Å². The Hall–Kier alpha value is -2.16. The summed E-state index contributed by atoms with van der Waals surface area (Å²) in [6, 6.07) is 16.7. The zero-order valence-electron chi connectivity index (χ0n) is 12.8. The molecule has 0 saturated heterocycles. The molecule has 2 aromatic carbocycles. The first-order valence-electron chi connectivity index (χ1n) is 6.80. The summed E-state index contributed by atoms with van der Waals surface area (Å²) in [6.45, 7) is 3.68. The number of nitriles is 1. The largest absolute Gasteiger partial charge is 0.497 e. The van der Waals surface area contributed by atoms with E-state index in [-0.39, 0.29) is 0 Å². The summed E-state index contributed by atoms with van der Waals surface area (Å²) in [7, 11) is 0.114. The first-order valence-corrected chi connectivity index (χ1v) is 7.95. The third-order valence-corrected chi connectivity index (χ3v) is 4.72. The second kappa shape index (κ2) is 6.73. The Morgan fingerprint density at radius 1 is 1.14 bits per heavy atom. The highest BCUT2D eigenvalue weighted by Crippen LogP contribution is 2.24. The Bertz CT molecular complexity index is 705. The van der Waals surface area contributed by atoms with Gasteiger partial charge in [-0.1, -0.05) is 29.8 Å². The van der Waals surface area contributed by atoms with Gasteiger partial charge in [0, 0.05) is 0 Å². The molecule has 0 bridgehead atoms. The normalized spacial score (nSPS) is 14.6. The molecular formula is C17H18N2O2S. The molecule has 0 fully saturated rings. The predicted octanol–water partition coefficient (Wildman–Crippen LogP) is 3.05. The molecule has 114 valence electrons. The van der Waals surface area contributed by atoms with Crippen molar-refractivity contribution < 1.29 is 8.95 Å². The van der Waals surface area contributed by atoms with Gasteiger partial charge in [0.15, 0.2) is 0 Å². The smallest absolute Gasteiger partial charge is 0.140 e. The maximum Gasteiger partial charge on any atom is 0.140 e. The van der Waals surface area contributed by atoms with E-state index in [0.29, 0.717) is 10.6 Å². The van der Waals surface area contributed by atoms with Gasteiger partial charge in [0.05, 0.1) is 18.1 Å². The number of aryl methyl sites for hydroxylation is 1. The van der Waals surface area contributed by atoms with Crippen molar-refractivity contribution in [2.24, 2.45) is 0 Å². The number of nitrogens with zero attached hydrogens (tertiary/aromatic N) is 1. The number of rotatable bonds is 5. The van der Waals surface area contributed by atoms with E-state index in [1.54, 1.807) is 50.4 Å².